The van der Waals surface area contributed by atoms with E-state index >= 15 is 0 Å². The molecule has 0 spiro atoms. The van der Waals surface area contributed by atoms with Gasteiger partial charge in [-0.2, -0.15) is 0 Å². The van der Waals surface area contributed by atoms with Crippen LogP contribution in [-0.2, 0) is 21.2 Å². The van der Waals surface area contributed by atoms with Crippen molar-refractivity contribution >= 4 is 54.0 Å². The molecule has 6 nitrogen and oxygen atoms in total. The number of sulfonamides is 1. The van der Waals surface area contributed by atoms with Crippen molar-refractivity contribution in [2.75, 3.05) is 4.31 Å². The van der Waals surface area contributed by atoms with Gasteiger partial charge >= 0.3 is 4.94 Å². The molecular weight excluding hydrogens is 410 g/mol. The number of carbonyl (C=O) groups is 1. The molecule has 1 heterocycles. The van der Waals surface area contributed by atoms with Crippen molar-refractivity contribution in [1.82, 2.24) is 0 Å². The largest absolute Gasteiger partial charge is 0.413 e. The van der Waals surface area contributed by atoms with E-state index in [0.29, 0.717) is 21.1 Å². The zero-order valence-corrected chi connectivity index (χ0v) is 17.3. The number of hydrogen-bond donors (Lipinski definition) is 0. The number of nitrogens with zero attached hydrogens (tertiary/aromatic N) is 1. The summed E-state index contributed by atoms with van der Waals surface area (Å²) in [5.74, 6) is -0.648. The van der Waals surface area contributed by atoms with Gasteiger partial charge in [-0.15, -0.1) is 0 Å². The summed E-state index contributed by atoms with van der Waals surface area (Å²) in [7, 11) is -4.15. The first-order chi connectivity index (χ1) is 13.8. The number of fused-ring (bicyclic) bond motifs is 3. The predicted molar refractivity (Wildman–Crippen MR) is 114 cm³/mol. The van der Waals surface area contributed by atoms with Crippen molar-refractivity contribution in [2.45, 2.75) is 25.2 Å². The SMILES string of the molecule is CCc1ccc(S(=O)(=O)N(C(C)=O)c2cc3sc(=O)oc3c3ccccc23)cc1. The second-order valence-corrected chi connectivity index (χ2v) is 9.27. The molecule has 148 valence electrons. The Bertz CT molecular complexity index is 1400. The molecule has 0 saturated heterocycles. The molecule has 4 aromatic rings. The van der Waals surface area contributed by atoms with Crippen LogP contribution in [0.25, 0.3) is 21.1 Å². The standard InChI is InChI=1S/C21H17NO5S2/c1-3-14-8-10-15(11-9-14)29(25,26)22(13(2)23)18-12-19-20(27-21(24)28-19)17-7-5-4-6-16(17)18/h4-12H,3H2,1-2H3. The zero-order chi connectivity index (χ0) is 20.8. The lowest BCUT2D eigenvalue weighted by Gasteiger charge is -2.23. The van der Waals surface area contributed by atoms with Crippen LogP contribution in [0.2, 0.25) is 0 Å². The molecule has 0 aliphatic heterocycles. The van der Waals surface area contributed by atoms with E-state index in [2.05, 4.69) is 0 Å². The molecule has 0 N–H and O–H groups in total. The number of aryl methyl sites for hydroxylation is 1. The third-order valence-electron chi connectivity index (χ3n) is 4.69. The van der Waals surface area contributed by atoms with Gasteiger partial charge in [-0.3, -0.25) is 4.79 Å². The molecule has 0 radical (unpaired) electrons. The summed E-state index contributed by atoms with van der Waals surface area (Å²) in [5, 5.41) is 1.08. The lowest BCUT2D eigenvalue weighted by molar-refractivity contribution is -0.115. The number of amides is 1. The molecule has 0 fully saturated rings. The summed E-state index contributed by atoms with van der Waals surface area (Å²) in [6.07, 6.45) is 0.775. The van der Waals surface area contributed by atoms with Crippen LogP contribution in [0.3, 0.4) is 0 Å². The van der Waals surface area contributed by atoms with E-state index in [0.717, 1.165) is 27.6 Å². The highest BCUT2D eigenvalue weighted by Crippen LogP contribution is 2.37. The minimum absolute atomic E-state index is 0.0226. The summed E-state index contributed by atoms with van der Waals surface area (Å²) in [4.78, 5) is 23.8. The average Bonchev–Trinajstić information content (AvgIpc) is 3.08. The lowest BCUT2D eigenvalue weighted by Crippen LogP contribution is -2.35. The number of anilines is 1. The molecule has 0 atom stereocenters. The Hall–Kier alpha value is -2.97. The van der Waals surface area contributed by atoms with Gasteiger partial charge in [0, 0.05) is 17.7 Å². The average molecular weight is 428 g/mol. The van der Waals surface area contributed by atoms with Gasteiger partial charge in [0.05, 0.1) is 15.3 Å². The molecular formula is C21H17NO5S2. The Morgan fingerprint density at radius 2 is 1.72 bits per heavy atom. The van der Waals surface area contributed by atoms with Crippen molar-refractivity contribution in [3.05, 3.63) is 69.9 Å². The van der Waals surface area contributed by atoms with Crippen molar-refractivity contribution in [3.63, 3.8) is 0 Å². The van der Waals surface area contributed by atoms with Crippen LogP contribution in [0.5, 0.6) is 0 Å². The molecule has 1 aromatic heterocycles. The Morgan fingerprint density at radius 3 is 2.34 bits per heavy atom. The smallest absolute Gasteiger partial charge is 0.396 e. The predicted octanol–water partition coefficient (Wildman–Crippen LogP) is 4.31. The van der Waals surface area contributed by atoms with E-state index in [-0.39, 0.29) is 10.6 Å². The third kappa shape index (κ3) is 3.24. The first-order valence-corrected chi connectivity index (χ1v) is 11.2. The van der Waals surface area contributed by atoms with E-state index in [1.54, 1.807) is 36.4 Å². The van der Waals surface area contributed by atoms with Crippen LogP contribution in [0.15, 0.2) is 68.7 Å². The summed E-state index contributed by atoms with van der Waals surface area (Å²) in [5.41, 5.74) is 1.57. The first-order valence-electron chi connectivity index (χ1n) is 8.93. The second-order valence-electron chi connectivity index (χ2n) is 6.51. The van der Waals surface area contributed by atoms with Crippen molar-refractivity contribution in [1.29, 1.82) is 0 Å². The fourth-order valence-corrected chi connectivity index (χ4v) is 5.48. The Labute approximate surface area is 171 Å². The summed E-state index contributed by atoms with van der Waals surface area (Å²) < 4.78 is 33.3. The fraction of sp³-hybridized carbons (Fsp3) is 0.143. The molecule has 4 rings (SSSR count). The highest BCUT2D eigenvalue weighted by Gasteiger charge is 2.31. The quantitative estimate of drug-likeness (QED) is 0.484. The minimum atomic E-state index is -4.15. The zero-order valence-electron chi connectivity index (χ0n) is 15.7. The maximum absolute atomic E-state index is 13.4. The molecule has 0 unspecified atom stereocenters. The number of rotatable bonds is 4. The topological polar surface area (TPSA) is 84.7 Å². The summed E-state index contributed by atoms with van der Waals surface area (Å²) >= 11 is 0.867. The number of benzene rings is 3. The van der Waals surface area contributed by atoms with Crippen LogP contribution < -0.4 is 9.24 Å². The Kier molecular flexibility index (Phi) is 4.76. The monoisotopic (exact) mass is 427 g/mol. The minimum Gasteiger partial charge on any atom is -0.413 e. The molecule has 29 heavy (non-hydrogen) atoms. The van der Waals surface area contributed by atoms with Crippen LogP contribution in [0, 0.1) is 0 Å². The van der Waals surface area contributed by atoms with Crippen molar-refractivity contribution in [2.24, 2.45) is 0 Å². The second kappa shape index (κ2) is 7.13. The molecule has 0 bridgehead atoms. The van der Waals surface area contributed by atoms with E-state index in [9.17, 15) is 18.0 Å². The van der Waals surface area contributed by atoms with Gasteiger partial charge in [-0.1, -0.05) is 54.7 Å². The lowest BCUT2D eigenvalue weighted by atomic mass is 10.1. The van der Waals surface area contributed by atoms with Gasteiger partial charge in [0.2, 0.25) is 5.91 Å². The van der Waals surface area contributed by atoms with Crippen LogP contribution in [-0.4, -0.2) is 14.3 Å². The molecule has 0 saturated carbocycles. The van der Waals surface area contributed by atoms with Gasteiger partial charge < -0.3 is 4.42 Å². The normalized spacial score (nSPS) is 11.8. The Morgan fingerprint density at radius 1 is 1.07 bits per heavy atom. The van der Waals surface area contributed by atoms with Crippen LogP contribution in [0.1, 0.15) is 19.4 Å². The van der Waals surface area contributed by atoms with Crippen LogP contribution in [0.4, 0.5) is 5.69 Å². The van der Waals surface area contributed by atoms with E-state index in [1.165, 1.54) is 25.1 Å². The number of hydrogen-bond acceptors (Lipinski definition) is 6. The Balaban J connectivity index is 2.01. The highest BCUT2D eigenvalue weighted by molar-refractivity contribution is 7.93. The van der Waals surface area contributed by atoms with Crippen molar-refractivity contribution in [3.8, 4) is 0 Å². The van der Waals surface area contributed by atoms with Crippen molar-refractivity contribution < 1.29 is 17.6 Å². The molecule has 8 heteroatoms. The van der Waals surface area contributed by atoms with E-state index in [1.807, 2.05) is 6.92 Å². The van der Waals surface area contributed by atoms with Crippen LogP contribution >= 0.6 is 11.3 Å². The van der Waals surface area contributed by atoms with Gasteiger partial charge in [0.25, 0.3) is 10.0 Å². The van der Waals surface area contributed by atoms with E-state index in [4.69, 9.17) is 4.42 Å². The van der Waals surface area contributed by atoms with Gasteiger partial charge in [0.1, 0.15) is 0 Å². The summed E-state index contributed by atoms with van der Waals surface area (Å²) in [6.45, 7) is 3.18. The third-order valence-corrected chi connectivity index (χ3v) is 7.27. The molecule has 3 aromatic carbocycles. The maximum atomic E-state index is 13.4. The first kappa shape index (κ1) is 19.4. The molecule has 0 aliphatic rings. The summed E-state index contributed by atoms with van der Waals surface area (Å²) in [6, 6.07) is 14.9. The van der Waals surface area contributed by atoms with E-state index < -0.39 is 20.9 Å². The van der Waals surface area contributed by atoms with Gasteiger partial charge in [0.15, 0.2) is 5.58 Å². The molecule has 1 amide bonds. The highest BCUT2D eigenvalue weighted by atomic mass is 32.2. The fourth-order valence-electron chi connectivity index (χ4n) is 3.32. The van der Waals surface area contributed by atoms with Gasteiger partial charge in [-0.05, 0) is 30.2 Å². The molecule has 0 aliphatic carbocycles. The maximum Gasteiger partial charge on any atom is 0.396 e. The number of carbonyl (C=O) groups excluding carboxylic acids is 1. The van der Waals surface area contributed by atoms with Gasteiger partial charge in [-0.25, -0.2) is 17.5 Å².